The molecule has 1 atom stereocenters. The van der Waals surface area contributed by atoms with Crippen LogP contribution in [0.15, 0.2) is 60.7 Å². The third-order valence-electron chi connectivity index (χ3n) is 4.88. The molecule has 3 aromatic rings. The van der Waals surface area contributed by atoms with Crippen LogP contribution in [-0.4, -0.2) is 28.7 Å². The summed E-state index contributed by atoms with van der Waals surface area (Å²) in [6.07, 6.45) is 4.18. The molecular formula is C23H25N5O. The van der Waals surface area contributed by atoms with Crippen molar-refractivity contribution in [2.75, 3.05) is 6.54 Å². The van der Waals surface area contributed by atoms with Crippen molar-refractivity contribution in [2.24, 2.45) is 0 Å². The van der Waals surface area contributed by atoms with Crippen LogP contribution in [0.4, 0.5) is 0 Å². The van der Waals surface area contributed by atoms with E-state index < -0.39 is 0 Å². The van der Waals surface area contributed by atoms with Gasteiger partial charge in [0.05, 0.1) is 5.69 Å². The molecule has 0 saturated heterocycles. The van der Waals surface area contributed by atoms with Crippen molar-refractivity contribution >= 4 is 5.91 Å². The van der Waals surface area contributed by atoms with Gasteiger partial charge in [-0.15, -0.1) is 0 Å². The summed E-state index contributed by atoms with van der Waals surface area (Å²) in [6, 6.07) is 20.2. The number of hydrogen-bond acceptors (Lipinski definition) is 4. The molecule has 29 heavy (non-hydrogen) atoms. The molecule has 0 bridgehead atoms. The molecule has 148 valence electrons. The maximum absolute atomic E-state index is 12.6. The molecule has 1 unspecified atom stereocenters. The molecule has 0 aliphatic carbocycles. The summed E-state index contributed by atoms with van der Waals surface area (Å²) in [7, 11) is 0. The topological polar surface area (TPSA) is 93.6 Å². The zero-order chi connectivity index (χ0) is 20.5. The molecule has 0 radical (unpaired) electrons. The summed E-state index contributed by atoms with van der Waals surface area (Å²) in [5.74, 6) is -0.187. The largest absolute Gasteiger partial charge is 0.348 e. The smallest absolute Gasteiger partial charge is 0.269 e. The number of nitrogens with zero attached hydrogens (tertiary/aromatic N) is 2. The molecule has 0 fully saturated rings. The van der Waals surface area contributed by atoms with Gasteiger partial charge in [0.2, 0.25) is 0 Å². The van der Waals surface area contributed by atoms with Crippen LogP contribution in [0, 0.1) is 11.5 Å². The Kier molecular flexibility index (Phi) is 7.01. The maximum Gasteiger partial charge on any atom is 0.269 e. The molecule has 3 N–H and O–H groups in total. The lowest BCUT2D eigenvalue weighted by Gasteiger charge is -2.15. The summed E-state index contributed by atoms with van der Waals surface area (Å²) >= 11 is 0. The second-order valence-corrected chi connectivity index (χ2v) is 6.89. The van der Waals surface area contributed by atoms with Gasteiger partial charge in [-0.1, -0.05) is 61.5 Å². The summed E-state index contributed by atoms with van der Waals surface area (Å²) in [4.78, 5) is 12.6. The number of nitriles is 1. The lowest BCUT2D eigenvalue weighted by atomic mass is 9.98. The average molecular weight is 387 g/mol. The molecule has 0 saturated carbocycles. The Morgan fingerprint density at radius 3 is 2.69 bits per heavy atom. The van der Waals surface area contributed by atoms with Gasteiger partial charge in [0.1, 0.15) is 5.69 Å². The lowest BCUT2D eigenvalue weighted by Crippen LogP contribution is -2.36. The second kappa shape index (κ2) is 10.1. The number of carbonyl (C=O) groups is 1. The number of hydrogen-bond donors (Lipinski definition) is 3. The van der Waals surface area contributed by atoms with Gasteiger partial charge < -0.3 is 10.6 Å². The van der Waals surface area contributed by atoms with Crippen LogP contribution in [0.3, 0.4) is 0 Å². The SMILES string of the molecule is CCC(CCNC#N)NC(=O)c1cc(-c2ccccc2Cc2ccccc2)n[nH]1. The molecule has 6 nitrogen and oxygen atoms in total. The van der Waals surface area contributed by atoms with Gasteiger partial charge >= 0.3 is 0 Å². The Labute approximate surface area is 171 Å². The zero-order valence-electron chi connectivity index (χ0n) is 16.5. The van der Waals surface area contributed by atoms with Crippen LogP contribution in [0.1, 0.15) is 41.4 Å². The lowest BCUT2D eigenvalue weighted by molar-refractivity contribution is 0.0929. The molecule has 0 aliphatic rings. The summed E-state index contributed by atoms with van der Waals surface area (Å²) in [6.45, 7) is 2.55. The Hall–Kier alpha value is -3.59. The standard InChI is InChI=1S/C23H25N5O/c1-2-19(12-13-25-16-24)26-23(29)22-15-21(27-28-22)20-11-7-6-10-18(20)14-17-8-4-3-5-9-17/h3-11,15,19,25H,2,12-14H2,1H3,(H,26,29)(H,27,28). The van der Waals surface area contributed by atoms with Crippen LogP contribution >= 0.6 is 0 Å². The van der Waals surface area contributed by atoms with Crippen LogP contribution in [0.5, 0.6) is 0 Å². The predicted octanol–water partition coefficient (Wildman–Crippen LogP) is 3.64. The van der Waals surface area contributed by atoms with Crippen molar-refractivity contribution in [2.45, 2.75) is 32.2 Å². The van der Waals surface area contributed by atoms with Crippen molar-refractivity contribution in [3.63, 3.8) is 0 Å². The van der Waals surface area contributed by atoms with Crippen LogP contribution in [0.2, 0.25) is 0 Å². The van der Waals surface area contributed by atoms with Crippen molar-refractivity contribution < 1.29 is 4.79 Å². The highest BCUT2D eigenvalue weighted by Crippen LogP contribution is 2.24. The molecule has 2 aromatic carbocycles. The molecule has 1 heterocycles. The fourth-order valence-electron chi connectivity index (χ4n) is 3.26. The number of rotatable bonds is 9. The van der Waals surface area contributed by atoms with Gasteiger partial charge in [0.15, 0.2) is 6.19 Å². The number of amides is 1. The number of benzene rings is 2. The Bertz CT molecular complexity index is 974. The molecular weight excluding hydrogens is 362 g/mol. The molecule has 6 heteroatoms. The van der Waals surface area contributed by atoms with E-state index in [9.17, 15) is 4.79 Å². The Morgan fingerprint density at radius 2 is 1.93 bits per heavy atom. The molecule has 3 rings (SSSR count). The normalized spacial score (nSPS) is 11.4. The minimum Gasteiger partial charge on any atom is -0.348 e. The van der Waals surface area contributed by atoms with Gasteiger partial charge in [0, 0.05) is 18.2 Å². The van der Waals surface area contributed by atoms with E-state index in [1.807, 2.05) is 49.5 Å². The first-order valence-corrected chi connectivity index (χ1v) is 9.81. The third-order valence-corrected chi connectivity index (χ3v) is 4.88. The maximum atomic E-state index is 12.6. The number of carbonyl (C=O) groups excluding carboxylic acids is 1. The monoisotopic (exact) mass is 387 g/mol. The summed E-state index contributed by atoms with van der Waals surface area (Å²) in [5, 5.41) is 21.4. The van der Waals surface area contributed by atoms with E-state index in [-0.39, 0.29) is 11.9 Å². The number of aromatic amines is 1. The van der Waals surface area contributed by atoms with Crippen LogP contribution in [-0.2, 0) is 6.42 Å². The quantitative estimate of drug-likeness (QED) is 0.297. The van der Waals surface area contributed by atoms with Crippen molar-refractivity contribution in [3.05, 3.63) is 77.5 Å². The first-order valence-electron chi connectivity index (χ1n) is 9.81. The van der Waals surface area contributed by atoms with Crippen LogP contribution < -0.4 is 10.6 Å². The van der Waals surface area contributed by atoms with Gasteiger partial charge in [-0.25, -0.2) is 0 Å². The second-order valence-electron chi connectivity index (χ2n) is 6.89. The highest BCUT2D eigenvalue weighted by Gasteiger charge is 2.16. The van der Waals surface area contributed by atoms with Gasteiger partial charge in [-0.2, -0.15) is 10.4 Å². The number of nitrogens with one attached hydrogen (secondary N) is 3. The average Bonchev–Trinajstić information content (AvgIpc) is 3.24. The highest BCUT2D eigenvalue weighted by atomic mass is 16.2. The van der Waals surface area contributed by atoms with E-state index in [0.29, 0.717) is 18.7 Å². The summed E-state index contributed by atoms with van der Waals surface area (Å²) < 4.78 is 0. The van der Waals surface area contributed by atoms with Crippen LogP contribution in [0.25, 0.3) is 11.3 Å². The Balaban J connectivity index is 1.73. The zero-order valence-corrected chi connectivity index (χ0v) is 16.5. The predicted molar refractivity (Wildman–Crippen MR) is 113 cm³/mol. The van der Waals surface area contributed by atoms with Gasteiger partial charge in [-0.3, -0.25) is 9.89 Å². The minimum absolute atomic E-state index is 0.000432. The van der Waals surface area contributed by atoms with Gasteiger partial charge in [-0.05, 0) is 36.5 Å². The van der Waals surface area contributed by atoms with E-state index in [1.54, 1.807) is 6.07 Å². The minimum atomic E-state index is -0.187. The Morgan fingerprint density at radius 1 is 1.17 bits per heavy atom. The van der Waals surface area contributed by atoms with E-state index in [0.717, 1.165) is 29.7 Å². The third kappa shape index (κ3) is 5.45. The molecule has 1 amide bonds. The first-order chi connectivity index (χ1) is 14.2. The fourth-order valence-corrected chi connectivity index (χ4v) is 3.26. The van der Waals surface area contributed by atoms with E-state index >= 15 is 0 Å². The van der Waals surface area contributed by atoms with Gasteiger partial charge in [0.25, 0.3) is 5.91 Å². The van der Waals surface area contributed by atoms with Crippen molar-refractivity contribution in [1.29, 1.82) is 5.26 Å². The van der Waals surface area contributed by atoms with E-state index in [1.165, 1.54) is 5.56 Å². The van der Waals surface area contributed by atoms with E-state index in [2.05, 4.69) is 39.0 Å². The number of aromatic nitrogens is 2. The molecule has 1 aromatic heterocycles. The van der Waals surface area contributed by atoms with Crippen molar-refractivity contribution in [3.8, 4) is 17.5 Å². The summed E-state index contributed by atoms with van der Waals surface area (Å²) in [5.41, 5.74) is 4.58. The molecule has 0 spiro atoms. The number of H-pyrrole nitrogens is 1. The first kappa shape index (κ1) is 20.2. The highest BCUT2D eigenvalue weighted by molar-refractivity contribution is 5.93. The van der Waals surface area contributed by atoms with Crippen molar-refractivity contribution in [1.82, 2.24) is 20.8 Å². The van der Waals surface area contributed by atoms with E-state index in [4.69, 9.17) is 5.26 Å². The fraction of sp³-hybridized carbons (Fsp3) is 0.261. The molecule has 0 aliphatic heterocycles.